The van der Waals surface area contributed by atoms with Gasteiger partial charge >= 0.3 is 14.8 Å². The number of hydrogen-bond donors (Lipinski definition) is 2. The first-order valence-corrected chi connectivity index (χ1v) is 3.59. The highest BCUT2D eigenvalue weighted by Crippen LogP contribution is 1.73. The van der Waals surface area contributed by atoms with Crippen molar-refractivity contribution in [1.82, 2.24) is 0 Å². The number of amidine groups is 1. The first-order valence-electron chi connectivity index (χ1n) is 1.64. The van der Waals surface area contributed by atoms with Gasteiger partial charge in [0.1, 0.15) is 5.84 Å². The Hall–Kier alpha value is -0.170. The van der Waals surface area contributed by atoms with Crippen molar-refractivity contribution in [3.05, 3.63) is 0 Å². The van der Waals surface area contributed by atoms with Crippen molar-refractivity contribution in [2.75, 3.05) is 6.61 Å². The third-order valence-corrected chi connectivity index (χ3v) is 0.902. The van der Waals surface area contributed by atoms with Gasteiger partial charge in [-0.3, -0.25) is 5.41 Å². The van der Waals surface area contributed by atoms with E-state index in [1.54, 1.807) is 0 Å². The molecular weight excluding hydrogens is 180 g/mol. The Balaban J connectivity index is 3.05. The minimum atomic E-state index is -3.17. The average Bonchev–Trinajstić information content (AvgIpc) is 1.61. The quantitative estimate of drug-likeness (QED) is 0.361. The van der Waals surface area contributed by atoms with Gasteiger partial charge in [0.05, 0.1) is 0 Å². The van der Waals surface area contributed by atoms with Gasteiger partial charge in [0, 0.05) is 0 Å². The van der Waals surface area contributed by atoms with E-state index in [2.05, 4.69) is 3.83 Å². The third-order valence-electron chi connectivity index (χ3n) is 0.299. The molecule has 0 unspecified atom stereocenters. The van der Waals surface area contributed by atoms with Crippen molar-refractivity contribution >= 4 is 5.84 Å². The molecule has 0 aromatic heterocycles. The Kier molecular flexibility index (Phi) is 3.71. The second-order valence-corrected chi connectivity index (χ2v) is 2.22. The first kappa shape index (κ1) is 7.83. The number of hydrogen-bond acceptors (Lipinski definition) is 4. The van der Waals surface area contributed by atoms with Crippen LogP contribution in [0.2, 0.25) is 0 Å². The summed E-state index contributed by atoms with van der Waals surface area (Å²) in [5.74, 6) is -0.292. The number of nitrogens with two attached hydrogens (primary N) is 1. The molecule has 0 rings (SSSR count). The van der Waals surface area contributed by atoms with Crippen molar-refractivity contribution in [2.45, 2.75) is 0 Å². The van der Waals surface area contributed by atoms with Gasteiger partial charge in [-0.25, -0.2) is 0 Å². The van der Waals surface area contributed by atoms with Crippen LogP contribution in [0, 0.1) is 20.2 Å². The standard InChI is InChI=1S/C2H5BrN2O3/c4-2(5)1-8-3(6)7/h1H2,(H3,4,5). The molecule has 0 bridgehead atoms. The van der Waals surface area contributed by atoms with E-state index in [1.807, 2.05) is 0 Å². The lowest BCUT2D eigenvalue weighted by Crippen LogP contribution is -2.36. The van der Waals surface area contributed by atoms with Crippen molar-refractivity contribution in [1.29, 1.82) is 5.41 Å². The van der Waals surface area contributed by atoms with Crippen LogP contribution in [0.15, 0.2) is 0 Å². The fourth-order valence-corrected chi connectivity index (χ4v) is 0.537. The fraction of sp³-hybridized carbons (Fsp3) is 0.500. The summed E-state index contributed by atoms with van der Waals surface area (Å²) in [5, 5.41) is 6.48. The molecule has 0 aliphatic rings. The molecule has 8 heavy (non-hydrogen) atoms. The molecule has 0 atom stereocenters. The summed E-state index contributed by atoms with van der Waals surface area (Å²) in [5.41, 5.74) is 4.74. The van der Waals surface area contributed by atoms with Crippen molar-refractivity contribution in [2.24, 2.45) is 5.73 Å². The van der Waals surface area contributed by atoms with Crippen LogP contribution in [0.1, 0.15) is 0 Å². The number of rotatable bonds is 3. The summed E-state index contributed by atoms with van der Waals surface area (Å²) in [6, 6.07) is 0. The van der Waals surface area contributed by atoms with E-state index < -0.39 is 14.8 Å². The Bertz CT molecular complexity index is 85.4. The predicted octanol–water partition coefficient (Wildman–Crippen LogP) is -2.97. The minimum Gasteiger partial charge on any atom is -0.385 e. The maximum atomic E-state index is 9.61. The van der Waals surface area contributed by atoms with E-state index in [0.29, 0.717) is 0 Å². The highest BCUT2D eigenvalue weighted by molar-refractivity contribution is 5.77. The van der Waals surface area contributed by atoms with Crippen LogP contribution in [0.25, 0.3) is 0 Å². The highest BCUT2D eigenvalue weighted by Gasteiger charge is 2.09. The zero-order valence-corrected chi connectivity index (χ0v) is 5.47. The van der Waals surface area contributed by atoms with E-state index in [0.717, 1.165) is 0 Å². The molecule has 0 heterocycles. The van der Waals surface area contributed by atoms with Crippen LogP contribution in [-0.4, -0.2) is 12.4 Å². The summed E-state index contributed by atoms with van der Waals surface area (Å²) in [6.07, 6.45) is 0. The molecule has 5 nitrogen and oxygen atoms in total. The second-order valence-electron chi connectivity index (χ2n) is 0.968. The number of halogens is 1. The summed E-state index contributed by atoms with van der Waals surface area (Å²) in [4.78, 5) is 0. The van der Waals surface area contributed by atoms with Gasteiger partial charge in [0.2, 0.25) is 6.61 Å². The fourth-order valence-electron chi connectivity index (χ4n) is 0.103. The van der Waals surface area contributed by atoms with Crippen molar-refractivity contribution in [3.8, 4) is 0 Å². The molecule has 0 aromatic rings. The zero-order valence-electron chi connectivity index (χ0n) is 3.89. The molecule has 0 radical (unpaired) electrons. The van der Waals surface area contributed by atoms with Crippen molar-refractivity contribution in [3.63, 3.8) is 0 Å². The van der Waals surface area contributed by atoms with Gasteiger partial charge in [-0.2, -0.15) is 0 Å². The van der Waals surface area contributed by atoms with Crippen LogP contribution >= 0.6 is 0 Å². The molecule has 48 valence electrons. The Morgan fingerprint density at radius 3 is 2.38 bits per heavy atom. The Morgan fingerprint density at radius 1 is 1.75 bits per heavy atom. The van der Waals surface area contributed by atoms with Gasteiger partial charge in [0.25, 0.3) is 0 Å². The van der Waals surface area contributed by atoms with E-state index in [-0.39, 0.29) is 12.4 Å². The van der Waals surface area contributed by atoms with Gasteiger partial charge in [-0.1, -0.05) is 0 Å². The van der Waals surface area contributed by atoms with Gasteiger partial charge in [0.15, 0.2) is 0 Å². The van der Waals surface area contributed by atoms with Gasteiger partial charge in [-0.05, 0) is 3.83 Å². The summed E-state index contributed by atoms with van der Waals surface area (Å²) in [6.45, 7) is -0.331. The largest absolute Gasteiger partial charge is 0.436 e. The van der Waals surface area contributed by atoms with E-state index in [9.17, 15) is 8.40 Å². The number of nitrogens with one attached hydrogen (secondary N) is 1. The lowest BCUT2D eigenvalue weighted by atomic mass is 10.7. The molecule has 0 aliphatic carbocycles. The van der Waals surface area contributed by atoms with E-state index >= 15 is 0 Å². The summed E-state index contributed by atoms with van der Waals surface area (Å²) in [7, 11) is 0. The van der Waals surface area contributed by atoms with Crippen LogP contribution in [0.3, 0.4) is 0 Å². The van der Waals surface area contributed by atoms with Gasteiger partial charge in [-0.15, -0.1) is 0 Å². The third kappa shape index (κ3) is 5.83. The molecule has 0 amide bonds. The highest BCUT2D eigenvalue weighted by atomic mass is 80.0. The maximum absolute atomic E-state index is 9.61. The van der Waals surface area contributed by atoms with Crippen molar-refractivity contribution < 1.29 is 27.0 Å². The van der Waals surface area contributed by atoms with Crippen LogP contribution in [0.4, 0.5) is 0 Å². The minimum absolute atomic E-state index is 0.292. The second kappa shape index (κ2) is 3.79. The molecule has 0 fully saturated rings. The normalized spacial score (nSPS) is 9.88. The SMILES string of the molecule is N=C(N)CO[Br+2]([O-])[O-]. The van der Waals surface area contributed by atoms with E-state index in [1.165, 1.54) is 0 Å². The maximum Gasteiger partial charge on any atom is 0.436 e. The van der Waals surface area contributed by atoms with Crippen LogP contribution < -0.4 is 14.1 Å². The van der Waals surface area contributed by atoms with Crippen LogP contribution in [-0.2, 0) is 3.83 Å². The topological polar surface area (TPSA) is 105 Å². The summed E-state index contributed by atoms with van der Waals surface area (Å²) < 4.78 is 23.2. The molecule has 3 N–H and O–H groups in total. The molecule has 6 heteroatoms. The lowest BCUT2D eigenvalue weighted by molar-refractivity contribution is -1.63. The smallest absolute Gasteiger partial charge is 0.385 e. The molecule has 0 aliphatic heterocycles. The van der Waals surface area contributed by atoms with E-state index in [4.69, 9.17) is 11.1 Å². The molecular formula is C2H5BrN2O3. The molecule has 0 spiro atoms. The molecule has 0 aromatic carbocycles. The van der Waals surface area contributed by atoms with Crippen LogP contribution in [0.5, 0.6) is 0 Å². The molecule has 0 saturated carbocycles. The Morgan fingerprint density at radius 2 is 2.25 bits per heavy atom. The lowest BCUT2D eigenvalue weighted by Gasteiger charge is -1.89. The predicted molar refractivity (Wildman–Crippen MR) is 17.9 cm³/mol. The molecule has 0 saturated heterocycles. The van der Waals surface area contributed by atoms with Gasteiger partial charge < -0.3 is 14.1 Å². The average molecular weight is 185 g/mol. The zero-order chi connectivity index (χ0) is 6.57. The first-order chi connectivity index (χ1) is 3.63. The summed E-state index contributed by atoms with van der Waals surface area (Å²) >= 11 is -3.17. The monoisotopic (exact) mass is 184 g/mol. The Labute approximate surface area is 51.4 Å².